The van der Waals surface area contributed by atoms with E-state index in [0.717, 1.165) is 34.3 Å². The summed E-state index contributed by atoms with van der Waals surface area (Å²) in [5.74, 6) is 0.0448. The first-order chi connectivity index (χ1) is 14.2. The molecule has 5 rings (SSSR count). The summed E-state index contributed by atoms with van der Waals surface area (Å²) >= 11 is 0. The summed E-state index contributed by atoms with van der Waals surface area (Å²) in [6.45, 7) is 1.30. The second kappa shape index (κ2) is 7.13. The van der Waals surface area contributed by atoms with Crippen LogP contribution in [0.5, 0.6) is 0 Å². The van der Waals surface area contributed by atoms with Crippen molar-refractivity contribution in [1.82, 2.24) is 4.57 Å². The summed E-state index contributed by atoms with van der Waals surface area (Å²) in [5.41, 5.74) is 4.90. The molecule has 0 aliphatic heterocycles. The number of hydrogen-bond donors (Lipinski definition) is 0. The minimum atomic E-state index is 0.0448. The molecule has 142 valence electrons. The summed E-state index contributed by atoms with van der Waals surface area (Å²) < 4.78 is 4.20. The molecule has 2 heterocycles. The second-order valence-electron chi connectivity index (χ2n) is 7.55. The van der Waals surface area contributed by atoms with Crippen molar-refractivity contribution < 1.29 is 9.36 Å². The number of benzene rings is 2. The number of Topliss-reactive ketones (excluding diaryl/α,β-unsaturated/α-hetero) is 1. The van der Waals surface area contributed by atoms with Gasteiger partial charge in [-0.05, 0) is 5.56 Å². The third-order valence-electron chi connectivity index (χ3n) is 5.58. The Balaban J connectivity index is 1.59. The zero-order valence-electron chi connectivity index (χ0n) is 16.4. The van der Waals surface area contributed by atoms with Crippen LogP contribution in [0.15, 0.2) is 84.1 Å². The van der Waals surface area contributed by atoms with Gasteiger partial charge in [0.05, 0.1) is 24.1 Å². The maximum atomic E-state index is 13.2. The Morgan fingerprint density at radius 2 is 1.66 bits per heavy atom. The molecule has 0 unspecified atom stereocenters. The zero-order chi connectivity index (χ0) is 19.8. The van der Waals surface area contributed by atoms with Crippen molar-refractivity contribution in [3.8, 4) is 0 Å². The molecule has 4 nitrogen and oxygen atoms in total. The van der Waals surface area contributed by atoms with Crippen LogP contribution in [0.2, 0.25) is 0 Å². The van der Waals surface area contributed by atoms with E-state index in [-0.39, 0.29) is 5.78 Å². The van der Waals surface area contributed by atoms with Crippen molar-refractivity contribution in [2.75, 3.05) is 0 Å². The molecule has 0 saturated heterocycles. The Hall–Kier alpha value is -3.53. The third kappa shape index (κ3) is 3.17. The standard InChI is InChI=1S/C25H22N3O/c1-27-17-20-12-13-28(16-19-10-6-3-7-11-19)22-14-21(25(29)24(27)23(20)22)26-15-18-8-4-2-5-9-18/h2-13,17H,14-16H2,1H3/q+1. The van der Waals surface area contributed by atoms with Crippen LogP contribution in [0.4, 0.5) is 0 Å². The highest BCUT2D eigenvalue weighted by Gasteiger charge is 2.33. The highest BCUT2D eigenvalue weighted by Crippen LogP contribution is 2.28. The molecule has 0 bridgehead atoms. The third-order valence-corrected chi connectivity index (χ3v) is 5.58. The van der Waals surface area contributed by atoms with Gasteiger partial charge in [-0.15, -0.1) is 0 Å². The first-order valence-corrected chi connectivity index (χ1v) is 9.87. The number of nitrogens with zero attached hydrogens (tertiary/aromatic N) is 3. The Bertz CT molecular complexity index is 1240. The molecule has 1 aliphatic rings. The lowest BCUT2D eigenvalue weighted by molar-refractivity contribution is -0.693. The number of pyridine rings is 1. The molecule has 2 aromatic heterocycles. The molecule has 2 aromatic carbocycles. The predicted molar refractivity (Wildman–Crippen MR) is 114 cm³/mol. The van der Waals surface area contributed by atoms with E-state index in [1.165, 1.54) is 5.56 Å². The van der Waals surface area contributed by atoms with Gasteiger partial charge in [0, 0.05) is 30.3 Å². The van der Waals surface area contributed by atoms with Gasteiger partial charge >= 0.3 is 0 Å². The van der Waals surface area contributed by atoms with Crippen molar-refractivity contribution in [2.24, 2.45) is 12.0 Å². The first-order valence-electron chi connectivity index (χ1n) is 9.87. The molecule has 0 radical (unpaired) electrons. The first kappa shape index (κ1) is 17.6. The quantitative estimate of drug-likeness (QED) is 0.495. The van der Waals surface area contributed by atoms with Crippen LogP contribution in [0.1, 0.15) is 27.3 Å². The number of aliphatic imine (C=N–C) groups is 1. The lowest BCUT2D eigenvalue weighted by atomic mass is 9.94. The van der Waals surface area contributed by atoms with E-state index in [2.05, 4.69) is 41.1 Å². The van der Waals surface area contributed by atoms with Crippen molar-refractivity contribution in [1.29, 1.82) is 0 Å². The van der Waals surface area contributed by atoms with Crippen molar-refractivity contribution in [3.05, 3.63) is 102 Å². The lowest BCUT2D eigenvalue weighted by Gasteiger charge is -2.15. The maximum Gasteiger partial charge on any atom is 0.224 e. The van der Waals surface area contributed by atoms with Gasteiger partial charge in [-0.2, -0.15) is 4.57 Å². The number of aromatic nitrogens is 2. The average Bonchev–Trinajstić information content (AvgIpc) is 3.09. The second-order valence-corrected chi connectivity index (χ2v) is 7.55. The molecule has 1 aliphatic carbocycles. The molecular formula is C25H22N3O+. The van der Waals surface area contributed by atoms with Crippen molar-refractivity contribution in [2.45, 2.75) is 19.5 Å². The van der Waals surface area contributed by atoms with Crippen molar-refractivity contribution in [3.63, 3.8) is 0 Å². The molecule has 0 fully saturated rings. The number of hydrogen-bond acceptors (Lipinski definition) is 2. The lowest BCUT2D eigenvalue weighted by Crippen LogP contribution is -2.42. The Morgan fingerprint density at radius 1 is 0.966 bits per heavy atom. The summed E-state index contributed by atoms with van der Waals surface area (Å²) in [5, 5.41) is 2.17. The Labute approximate surface area is 169 Å². The van der Waals surface area contributed by atoms with Crippen LogP contribution in [0.3, 0.4) is 0 Å². The Kier molecular flexibility index (Phi) is 4.32. The SMILES string of the molecule is Cn1cc2cc[n+](Cc3ccccc3)c3c2c1C(=O)C(=NCc1ccccc1)C3. The maximum absolute atomic E-state index is 13.2. The van der Waals surface area contributed by atoms with Gasteiger partial charge in [-0.25, -0.2) is 0 Å². The average molecular weight is 380 g/mol. The van der Waals surface area contributed by atoms with Crippen LogP contribution in [-0.2, 0) is 26.6 Å². The molecule has 0 spiro atoms. The van der Waals surface area contributed by atoms with E-state index < -0.39 is 0 Å². The summed E-state index contributed by atoms with van der Waals surface area (Å²) in [6, 6.07) is 22.6. The van der Waals surface area contributed by atoms with Gasteiger partial charge in [-0.1, -0.05) is 60.7 Å². The highest BCUT2D eigenvalue weighted by molar-refractivity contribution is 6.49. The molecule has 29 heavy (non-hydrogen) atoms. The topological polar surface area (TPSA) is 38.2 Å². The van der Waals surface area contributed by atoms with E-state index >= 15 is 0 Å². The summed E-state index contributed by atoms with van der Waals surface area (Å²) in [6.07, 6.45) is 4.73. The van der Waals surface area contributed by atoms with E-state index in [1.54, 1.807) is 0 Å². The number of rotatable bonds is 4. The smallest absolute Gasteiger partial charge is 0.224 e. The molecular weight excluding hydrogens is 358 g/mol. The summed E-state index contributed by atoms with van der Waals surface area (Å²) in [7, 11) is 1.94. The number of carbonyl (C=O) groups excluding carboxylic acids is 1. The molecule has 0 N–H and O–H groups in total. The van der Waals surface area contributed by atoms with Crippen LogP contribution in [-0.4, -0.2) is 16.1 Å². The van der Waals surface area contributed by atoms with Gasteiger partial charge in [-0.3, -0.25) is 9.79 Å². The van der Waals surface area contributed by atoms with E-state index in [9.17, 15) is 4.79 Å². The van der Waals surface area contributed by atoms with Gasteiger partial charge in [0.2, 0.25) is 5.78 Å². The number of aryl methyl sites for hydroxylation is 1. The molecule has 4 aromatic rings. The summed E-state index contributed by atoms with van der Waals surface area (Å²) in [4.78, 5) is 17.9. The minimum Gasteiger partial charge on any atom is -0.347 e. The molecule has 4 heteroatoms. The highest BCUT2D eigenvalue weighted by atomic mass is 16.1. The van der Waals surface area contributed by atoms with Gasteiger partial charge < -0.3 is 4.57 Å². The molecule has 0 amide bonds. The van der Waals surface area contributed by atoms with Gasteiger partial charge in [0.15, 0.2) is 18.4 Å². The van der Waals surface area contributed by atoms with Crippen LogP contribution >= 0.6 is 0 Å². The van der Waals surface area contributed by atoms with E-state index in [0.29, 0.717) is 18.7 Å². The Morgan fingerprint density at radius 3 is 2.38 bits per heavy atom. The fourth-order valence-corrected chi connectivity index (χ4v) is 4.15. The van der Waals surface area contributed by atoms with E-state index in [1.807, 2.05) is 54.2 Å². The fraction of sp³-hybridized carbons (Fsp3) is 0.160. The normalized spacial score (nSPS) is 14.7. The van der Waals surface area contributed by atoms with Crippen LogP contribution in [0, 0.1) is 0 Å². The van der Waals surface area contributed by atoms with Crippen LogP contribution < -0.4 is 4.57 Å². The predicted octanol–water partition coefficient (Wildman–Crippen LogP) is 3.89. The number of ketones is 1. The van der Waals surface area contributed by atoms with Gasteiger partial charge in [0.1, 0.15) is 5.69 Å². The largest absolute Gasteiger partial charge is 0.347 e. The van der Waals surface area contributed by atoms with Crippen LogP contribution in [0.25, 0.3) is 10.8 Å². The molecule has 0 atom stereocenters. The van der Waals surface area contributed by atoms with Crippen molar-refractivity contribution >= 4 is 22.3 Å². The van der Waals surface area contributed by atoms with Gasteiger partial charge in [0.25, 0.3) is 0 Å². The molecule has 0 saturated carbocycles. The van der Waals surface area contributed by atoms with E-state index in [4.69, 9.17) is 4.99 Å². The zero-order valence-corrected chi connectivity index (χ0v) is 16.4. The number of carbonyl (C=O) groups is 1. The fourth-order valence-electron chi connectivity index (χ4n) is 4.15. The minimum absolute atomic E-state index is 0.0448. The monoisotopic (exact) mass is 380 g/mol.